The summed E-state index contributed by atoms with van der Waals surface area (Å²) in [5, 5.41) is 125. The highest BCUT2D eigenvalue weighted by molar-refractivity contribution is 7.97. The van der Waals surface area contributed by atoms with Crippen LogP contribution in [0, 0.1) is 0 Å². The minimum atomic E-state index is -3.88. The maximum atomic E-state index is 9.99. The van der Waals surface area contributed by atoms with Gasteiger partial charge in [-0.05, 0) is 182 Å². The van der Waals surface area contributed by atoms with E-state index >= 15 is 0 Å². The SMILES string of the molecule is C[S+](C)c1ccc(O)c2ccc(O)cc12.C[S+](C)c1ccc(O)c2ccc(O)cc12.C[S+](C)c1ccc(O)c2ccc(O)cc12.C[S+](C)c1ccc(O)c2ccc(O)cc12.C[S+](C)c1ccc(O)c2ccc(O)cc12.C[S+](C)c1ccc(O)c2ccc(O)cc12.O=[PH]([O-])F.O=[PH]([O-])F.O=[PH]([O-])F.O=[PH]([O-])F.O=[PH]([O-])F.O=[PH]([O-])F. The fourth-order valence-corrected chi connectivity index (χ4v) is 15.6. The van der Waals surface area contributed by atoms with Gasteiger partial charge in [0.05, 0.1) is 0 Å². The van der Waals surface area contributed by atoms with Gasteiger partial charge in [-0.2, -0.15) is 0 Å². The average molecular weight is 1830 g/mol. The highest BCUT2D eigenvalue weighted by Crippen LogP contribution is 2.39. The molecule has 0 saturated carbocycles. The Labute approximate surface area is 674 Å². The van der Waals surface area contributed by atoms with Crippen LogP contribution in [0.4, 0.5) is 25.2 Å². The molecule has 12 rings (SSSR count). The summed E-state index contributed by atoms with van der Waals surface area (Å²) in [7, 11) is -22.6. The molecule has 0 aliphatic carbocycles. The third kappa shape index (κ3) is 37.7. The third-order valence-electron chi connectivity index (χ3n) is 14.3. The van der Waals surface area contributed by atoms with Crippen LogP contribution in [0.1, 0.15) is 0 Å². The predicted octanol–water partition coefficient (Wildman–Crippen LogP) is 13.2. The summed E-state index contributed by atoms with van der Waals surface area (Å²) < 4.78 is 110. The van der Waals surface area contributed by atoms with E-state index in [-0.39, 0.29) is 134 Å². The zero-order valence-electron chi connectivity index (χ0n) is 62.3. The molecule has 0 aliphatic rings. The zero-order chi connectivity index (χ0) is 87.5. The van der Waals surface area contributed by atoms with E-state index in [9.17, 15) is 86.5 Å². The summed E-state index contributed by atoms with van der Waals surface area (Å²) in [6.45, 7) is 0. The van der Waals surface area contributed by atoms with Crippen molar-refractivity contribution in [2.45, 2.75) is 29.4 Å². The van der Waals surface area contributed by atoms with Crippen molar-refractivity contribution < 1.29 is 143 Å². The number of hydrogen-bond acceptors (Lipinski definition) is 24. The molecule has 12 aromatic carbocycles. The number of hydrogen-bond donors (Lipinski definition) is 12. The van der Waals surface area contributed by atoms with Crippen LogP contribution in [0.25, 0.3) is 64.6 Å². The molecule has 0 bridgehead atoms. The molecule has 12 N–H and O–H groups in total. The van der Waals surface area contributed by atoms with Crippen LogP contribution in [0.5, 0.6) is 69.0 Å². The predicted molar refractivity (Wildman–Crippen MR) is 449 cm³/mol. The minimum absolute atomic E-state index is 0.108. The molecule has 0 aliphatic heterocycles. The van der Waals surface area contributed by atoms with Crippen molar-refractivity contribution in [2.24, 2.45) is 0 Å². The Kier molecular flexibility index (Phi) is 48.0. The van der Waals surface area contributed by atoms with Crippen LogP contribution < -0.4 is 29.4 Å². The number of aromatic hydroxyl groups is 12. The van der Waals surface area contributed by atoms with E-state index in [0.717, 1.165) is 64.6 Å². The van der Waals surface area contributed by atoms with E-state index in [1.165, 1.54) is 29.4 Å². The van der Waals surface area contributed by atoms with Crippen LogP contribution in [0.2, 0.25) is 0 Å². The van der Waals surface area contributed by atoms with Crippen molar-refractivity contribution in [1.29, 1.82) is 0 Å². The first-order chi connectivity index (χ1) is 52.9. The van der Waals surface area contributed by atoms with Gasteiger partial charge in [-0.15, -0.1) is 0 Å². The van der Waals surface area contributed by atoms with Crippen LogP contribution in [-0.2, 0) is 92.8 Å². The van der Waals surface area contributed by atoms with Gasteiger partial charge in [0.25, 0.3) is 0 Å². The maximum absolute atomic E-state index is 9.99. The number of fused-ring (bicyclic) bond motifs is 6. The summed E-state index contributed by atoms with van der Waals surface area (Å²) in [6, 6.07) is 52.0. The first kappa shape index (κ1) is 105. The smallest absolute Gasteiger partial charge is 0.169 e. The molecule has 0 spiro atoms. The second kappa shape index (κ2) is 52.3. The van der Waals surface area contributed by atoms with E-state index in [1.54, 1.807) is 146 Å². The van der Waals surface area contributed by atoms with Crippen LogP contribution in [0.15, 0.2) is 211 Å². The fraction of sp³-hybridized carbons (Fsp3) is 0.167. The fourth-order valence-electron chi connectivity index (χ4n) is 9.90. The Morgan fingerprint density at radius 3 is 0.377 bits per heavy atom. The molecule has 0 fully saturated rings. The molecule has 0 saturated heterocycles. The monoisotopic (exact) mass is 1820 g/mol. The molecule has 12 aromatic rings. The molecule has 0 amide bonds. The normalized spacial score (nSPS) is 12.1. The highest BCUT2D eigenvalue weighted by Gasteiger charge is 2.21. The molecule has 24 nitrogen and oxygen atoms in total. The molecule has 42 heteroatoms. The molecular formula is C72H84F6O24P6S6. The van der Waals surface area contributed by atoms with Gasteiger partial charge >= 0.3 is 0 Å². The molecule has 624 valence electrons. The first-order valence-electron chi connectivity index (χ1n) is 31.3. The van der Waals surface area contributed by atoms with Gasteiger partial charge in [-0.25, -0.2) is 25.2 Å². The Balaban J connectivity index is 0.000000646. The van der Waals surface area contributed by atoms with Crippen LogP contribution in [-0.4, -0.2) is 136 Å². The number of phenols is 12. The van der Waals surface area contributed by atoms with Gasteiger partial charge in [0, 0.05) is 130 Å². The lowest BCUT2D eigenvalue weighted by atomic mass is 10.1. The van der Waals surface area contributed by atoms with E-state index in [4.69, 9.17) is 56.8 Å². The standard InChI is InChI=1S/6C12H12O2S.6FH2O2P/c6*1-15(2)12-6-5-11(14)9-4-3-8(13)7-10(9)12;6*1-4(2)3/h6*3-7H,1-2H3,(H-,13,14);6*4H,(H,2,3). The summed E-state index contributed by atoms with van der Waals surface area (Å²) >= 11 is 0. The Morgan fingerprint density at radius 1 is 0.193 bits per heavy atom. The molecular weight excluding hydrogens is 1740 g/mol. The van der Waals surface area contributed by atoms with E-state index in [2.05, 4.69) is 75.1 Å². The lowest BCUT2D eigenvalue weighted by molar-refractivity contribution is -0.175. The Bertz CT molecular complexity index is 4430. The lowest BCUT2D eigenvalue weighted by Crippen LogP contribution is -1.96. The van der Waals surface area contributed by atoms with Gasteiger partial charge in [0.2, 0.25) is 0 Å². The van der Waals surface area contributed by atoms with Gasteiger partial charge in [-0.3, -0.25) is 0 Å². The van der Waals surface area contributed by atoms with Gasteiger partial charge < -0.3 is 118 Å². The second-order valence-corrected chi connectivity index (χ2v) is 38.5. The van der Waals surface area contributed by atoms with Crippen molar-refractivity contribution in [1.82, 2.24) is 0 Å². The van der Waals surface area contributed by atoms with Crippen molar-refractivity contribution >= 4 is 180 Å². The van der Waals surface area contributed by atoms with Crippen LogP contribution >= 0.6 is 50.0 Å². The third-order valence-corrected chi connectivity index (χ3v) is 21.7. The molecule has 6 atom stereocenters. The topological polar surface area (TPSA) is 484 Å². The van der Waals surface area contributed by atoms with Crippen molar-refractivity contribution in [3.63, 3.8) is 0 Å². The van der Waals surface area contributed by atoms with Crippen molar-refractivity contribution in [3.05, 3.63) is 182 Å². The molecule has 6 unspecified atom stereocenters. The van der Waals surface area contributed by atoms with Gasteiger partial charge in [0.15, 0.2) is 79.4 Å². The molecule has 0 aromatic heterocycles. The highest BCUT2D eigenvalue weighted by atomic mass is 32.2. The lowest BCUT2D eigenvalue weighted by Gasteiger charge is -2.05. The number of rotatable bonds is 6. The summed E-state index contributed by atoms with van der Waals surface area (Å²) in [6.07, 6.45) is 25.5. The molecule has 0 heterocycles. The van der Waals surface area contributed by atoms with Crippen LogP contribution in [0.3, 0.4) is 0 Å². The number of benzene rings is 12. The van der Waals surface area contributed by atoms with E-state index in [0.29, 0.717) is 0 Å². The Hall–Kier alpha value is -7.38. The van der Waals surface area contributed by atoms with Crippen molar-refractivity contribution in [3.8, 4) is 69.0 Å². The van der Waals surface area contributed by atoms with Gasteiger partial charge in [0.1, 0.15) is 144 Å². The second-order valence-electron chi connectivity index (χ2n) is 23.2. The zero-order valence-corrected chi connectivity index (χ0v) is 73.2. The molecule has 0 radical (unpaired) electrons. The van der Waals surface area contributed by atoms with E-state index in [1.807, 2.05) is 36.4 Å². The number of phenolic OH excluding ortho intramolecular Hbond substituents is 12. The Morgan fingerprint density at radius 2 is 0.289 bits per heavy atom. The summed E-state index contributed by atoms with van der Waals surface area (Å²) in [5.74, 6) is 2.99. The van der Waals surface area contributed by atoms with E-state index < -0.39 is 50.0 Å². The minimum Gasteiger partial charge on any atom is -0.777 e. The average Bonchev–Trinajstić information content (AvgIpc) is 0.839. The maximum Gasteiger partial charge on any atom is 0.169 e. The first-order valence-corrected chi connectivity index (χ1v) is 50.7. The largest absolute Gasteiger partial charge is 0.777 e. The number of halogens is 6. The van der Waals surface area contributed by atoms with Gasteiger partial charge in [-0.1, -0.05) is 0 Å². The van der Waals surface area contributed by atoms with Crippen molar-refractivity contribution in [2.75, 3.05) is 75.1 Å². The quantitative estimate of drug-likeness (QED) is 0.0418. The summed E-state index contributed by atoms with van der Waals surface area (Å²) in [4.78, 5) is 57.4. The summed E-state index contributed by atoms with van der Waals surface area (Å²) in [5.41, 5.74) is 0. The molecule has 114 heavy (non-hydrogen) atoms.